The van der Waals surface area contributed by atoms with Crippen LogP contribution in [0.1, 0.15) is 25.3 Å². The van der Waals surface area contributed by atoms with Crippen molar-refractivity contribution in [2.75, 3.05) is 6.54 Å². The Hall–Kier alpha value is -0.960. The summed E-state index contributed by atoms with van der Waals surface area (Å²) < 4.78 is 25.6. The van der Waals surface area contributed by atoms with Crippen LogP contribution in [0.15, 0.2) is 18.2 Å². The van der Waals surface area contributed by atoms with E-state index in [1.54, 1.807) is 0 Å². The maximum atomic E-state index is 13.1. The van der Waals surface area contributed by atoms with Crippen molar-refractivity contribution in [3.63, 3.8) is 0 Å². The van der Waals surface area contributed by atoms with Gasteiger partial charge in [0.05, 0.1) is 0 Å². The maximum absolute atomic E-state index is 13.1. The summed E-state index contributed by atoms with van der Waals surface area (Å²) in [6.07, 6.45) is 2.18. The van der Waals surface area contributed by atoms with E-state index in [2.05, 4.69) is 12.2 Å². The molecule has 0 fully saturated rings. The maximum Gasteiger partial charge on any atom is 0.130 e. The van der Waals surface area contributed by atoms with Crippen molar-refractivity contribution in [2.24, 2.45) is 0 Å². The zero-order valence-corrected chi connectivity index (χ0v) is 8.32. The van der Waals surface area contributed by atoms with E-state index in [0.717, 1.165) is 25.5 Å². The lowest BCUT2D eigenvalue weighted by atomic mass is 10.2. The zero-order valence-electron chi connectivity index (χ0n) is 8.32. The highest BCUT2D eigenvalue weighted by atomic mass is 19.1. The van der Waals surface area contributed by atoms with Gasteiger partial charge in [-0.25, -0.2) is 8.78 Å². The van der Waals surface area contributed by atoms with E-state index in [-0.39, 0.29) is 0 Å². The first kappa shape index (κ1) is 11.1. The lowest BCUT2D eigenvalue weighted by Gasteiger charge is -2.04. The lowest BCUT2D eigenvalue weighted by molar-refractivity contribution is 0.556. The highest BCUT2D eigenvalue weighted by Gasteiger charge is 2.02. The largest absolute Gasteiger partial charge is 0.313 e. The number of rotatable bonds is 5. The molecule has 0 aliphatic heterocycles. The molecule has 0 amide bonds. The zero-order chi connectivity index (χ0) is 10.4. The van der Waals surface area contributed by atoms with Gasteiger partial charge in [-0.2, -0.15) is 0 Å². The van der Waals surface area contributed by atoms with Crippen molar-refractivity contribution in [2.45, 2.75) is 26.3 Å². The second-order valence-electron chi connectivity index (χ2n) is 3.27. The van der Waals surface area contributed by atoms with Crippen LogP contribution in [-0.4, -0.2) is 6.54 Å². The molecule has 0 saturated carbocycles. The average Bonchev–Trinajstić information content (AvgIpc) is 2.15. The van der Waals surface area contributed by atoms with Gasteiger partial charge in [0.15, 0.2) is 0 Å². The smallest absolute Gasteiger partial charge is 0.130 e. The molecule has 0 spiro atoms. The fraction of sp³-hybridized carbons (Fsp3) is 0.455. The van der Waals surface area contributed by atoms with Gasteiger partial charge >= 0.3 is 0 Å². The molecule has 1 rings (SSSR count). The summed E-state index contributed by atoms with van der Waals surface area (Å²) in [6.45, 7) is 3.43. The Morgan fingerprint density at radius 3 is 2.71 bits per heavy atom. The molecule has 0 bridgehead atoms. The Labute approximate surface area is 83.1 Å². The normalized spacial score (nSPS) is 10.5. The van der Waals surface area contributed by atoms with E-state index in [0.29, 0.717) is 12.1 Å². The third-order valence-electron chi connectivity index (χ3n) is 2.04. The molecule has 0 aliphatic rings. The number of nitrogens with one attached hydrogen (secondary N) is 1. The minimum absolute atomic E-state index is 0.464. The minimum atomic E-state index is -0.528. The van der Waals surface area contributed by atoms with Crippen LogP contribution in [0.4, 0.5) is 8.78 Å². The molecular formula is C11H15F2N. The van der Waals surface area contributed by atoms with E-state index in [1.807, 2.05) is 0 Å². The van der Waals surface area contributed by atoms with Crippen molar-refractivity contribution in [1.82, 2.24) is 5.32 Å². The summed E-state index contributed by atoms with van der Waals surface area (Å²) in [7, 11) is 0. The van der Waals surface area contributed by atoms with Crippen molar-refractivity contribution in [3.05, 3.63) is 35.4 Å². The molecule has 3 heteroatoms. The number of benzene rings is 1. The second-order valence-corrected chi connectivity index (χ2v) is 3.27. The molecule has 1 N–H and O–H groups in total. The third-order valence-corrected chi connectivity index (χ3v) is 2.04. The van der Waals surface area contributed by atoms with Crippen LogP contribution in [0.3, 0.4) is 0 Å². The van der Waals surface area contributed by atoms with Gasteiger partial charge in [-0.1, -0.05) is 19.4 Å². The standard InChI is InChI=1S/C11H15F2N/c1-2-3-6-14-8-9-4-5-10(12)7-11(9)13/h4-5,7,14H,2-3,6,8H2,1H3. The Balaban J connectivity index is 2.42. The summed E-state index contributed by atoms with van der Waals surface area (Å²) in [6, 6.07) is 3.67. The fourth-order valence-corrected chi connectivity index (χ4v) is 1.19. The topological polar surface area (TPSA) is 12.0 Å². The van der Waals surface area contributed by atoms with Crippen LogP contribution in [-0.2, 0) is 6.54 Å². The molecule has 0 heterocycles. The number of hydrogen-bond acceptors (Lipinski definition) is 1. The second kappa shape index (κ2) is 5.70. The van der Waals surface area contributed by atoms with Gasteiger partial charge in [-0.05, 0) is 19.0 Å². The first-order chi connectivity index (χ1) is 6.74. The predicted octanol–water partition coefficient (Wildman–Crippen LogP) is 2.85. The van der Waals surface area contributed by atoms with Crippen LogP contribution in [0.5, 0.6) is 0 Å². The molecule has 0 atom stereocenters. The van der Waals surface area contributed by atoms with Gasteiger partial charge < -0.3 is 5.32 Å². The molecule has 0 radical (unpaired) electrons. The fourth-order valence-electron chi connectivity index (χ4n) is 1.19. The monoisotopic (exact) mass is 199 g/mol. The molecule has 14 heavy (non-hydrogen) atoms. The quantitative estimate of drug-likeness (QED) is 0.719. The summed E-state index contributed by atoms with van der Waals surface area (Å²) >= 11 is 0. The van der Waals surface area contributed by atoms with Crippen LogP contribution in [0.2, 0.25) is 0 Å². The molecule has 1 nitrogen and oxygen atoms in total. The van der Waals surface area contributed by atoms with Crippen molar-refractivity contribution >= 4 is 0 Å². The summed E-state index contributed by atoms with van der Waals surface area (Å²) in [4.78, 5) is 0. The first-order valence-corrected chi connectivity index (χ1v) is 4.88. The summed E-state index contributed by atoms with van der Waals surface area (Å²) in [5.74, 6) is -1.01. The predicted molar refractivity (Wildman–Crippen MR) is 53.0 cm³/mol. The van der Waals surface area contributed by atoms with Crippen LogP contribution < -0.4 is 5.32 Å². The number of halogens is 2. The highest BCUT2D eigenvalue weighted by Crippen LogP contribution is 2.08. The Kier molecular flexibility index (Phi) is 4.53. The number of hydrogen-bond donors (Lipinski definition) is 1. The molecule has 1 aromatic rings. The van der Waals surface area contributed by atoms with E-state index in [9.17, 15) is 8.78 Å². The highest BCUT2D eigenvalue weighted by molar-refractivity contribution is 5.18. The number of unbranched alkanes of at least 4 members (excludes halogenated alkanes) is 1. The van der Waals surface area contributed by atoms with Crippen LogP contribution >= 0.6 is 0 Å². The van der Waals surface area contributed by atoms with Crippen molar-refractivity contribution in [1.29, 1.82) is 0 Å². The molecular weight excluding hydrogens is 184 g/mol. The molecule has 0 aromatic heterocycles. The molecule has 0 unspecified atom stereocenters. The lowest BCUT2D eigenvalue weighted by Crippen LogP contribution is -2.15. The van der Waals surface area contributed by atoms with Crippen LogP contribution in [0, 0.1) is 11.6 Å². The van der Waals surface area contributed by atoms with Gasteiger partial charge in [-0.15, -0.1) is 0 Å². The van der Waals surface area contributed by atoms with Gasteiger partial charge in [0.25, 0.3) is 0 Å². The van der Waals surface area contributed by atoms with E-state index >= 15 is 0 Å². The molecule has 1 aromatic carbocycles. The SMILES string of the molecule is CCCCNCc1ccc(F)cc1F. The van der Waals surface area contributed by atoms with Gasteiger partial charge in [-0.3, -0.25) is 0 Å². The Morgan fingerprint density at radius 2 is 2.07 bits per heavy atom. The Bertz CT molecular complexity index is 287. The van der Waals surface area contributed by atoms with E-state index in [4.69, 9.17) is 0 Å². The molecule has 0 aliphatic carbocycles. The minimum Gasteiger partial charge on any atom is -0.313 e. The van der Waals surface area contributed by atoms with E-state index in [1.165, 1.54) is 12.1 Å². The van der Waals surface area contributed by atoms with Gasteiger partial charge in [0.2, 0.25) is 0 Å². The van der Waals surface area contributed by atoms with Crippen LogP contribution in [0.25, 0.3) is 0 Å². The summed E-state index contributed by atoms with van der Waals surface area (Å²) in [5, 5.41) is 3.10. The van der Waals surface area contributed by atoms with Gasteiger partial charge in [0, 0.05) is 18.2 Å². The van der Waals surface area contributed by atoms with Crippen molar-refractivity contribution in [3.8, 4) is 0 Å². The molecule has 0 saturated heterocycles. The molecule has 78 valence electrons. The third kappa shape index (κ3) is 3.42. The van der Waals surface area contributed by atoms with Gasteiger partial charge in [0.1, 0.15) is 11.6 Å². The van der Waals surface area contributed by atoms with Crippen molar-refractivity contribution < 1.29 is 8.78 Å². The Morgan fingerprint density at radius 1 is 1.29 bits per heavy atom. The summed E-state index contributed by atoms with van der Waals surface area (Å²) in [5.41, 5.74) is 0.516. The average molecular weight is 199 g/mol. The van der Waals surface area contributed by atoms with E-state index < -0.39 is 11.6 Å². The first-order valence-electron chi connectivity index (χ1n) is 4.88.